The van der Waals surface area contributed by atoms with Gasteiger partial charge in [0.25, 0.3) is 11.2 Å². The summed E-state index contributed by atoms with van der Waals surface area (Å²) in [6, 6.07) is 13.7. The van der Waals surface area contributed by atoms with Gasteiger partial charge in [0.05, 0.1) is 0 Å². The van der Waals surface area contributed by atoms with Crippen LogP contribution in [0.25, 0.3) is 11.2 Å². The quantitative estimate of drug-likeness (QED) is 0.538. The number of ether oxygens (including phenoxy) is 1. The molecule has 0 atom stereocenters. The predicted octanol–water partition coefficient (Wildman–Crippen LogP) is 2.14. The van der Waals surface area contributed by atoms with E-state index in [0.717, 1.165) is 15.7 Å². The van der Waals surface area contributed by atoms with E-state index in [2.05, 4.69) is 4.98 Å². The molecular weight excluding hydrogens is 375 g/mol. The van der Waals surface area contributed by atoms with Gasteiger partial charge in [0.2, 0.25) is 0 Å². The number of aryl methyl sites for hydroxylation is 2. The van der Waals surface area contributed by atoms with Crippen molar-refractivity contribution in [2.24, 2.45) is 14.1 Å². The Bertz CT molecular complexity index is 1320. The number of nitrogens with zero attached hydrogens (tertiary/aromatic N) is 3. The molecule has 0 aliphatic heterocycles. The Morgan fingerprint density at radius 2 is 1.66 bits per heavy atom. The number of aromatic amines is 1. The molecule has 7 nitrogen and oxygen atoms in total. The highest BCUT2D eigenvalue weighted by molar-refractivity contribution is 5.66. The summed E-state index contributed by atoms with van der Waals surface area (Å²) < 4.78 is 23.3. The van der Waals surface area contributed by atoms with Crippen molar-refractivity contribution in [3.8, 4) is 11.8 Å². The van der Waals surface area contributed by atoms with Gasteiger partial charge in [-0.3, -0.25) is 13.9 Å². The number of benzene rings is 2. The minimum Gasteiger partial charge on any atom is -0.392 e. The van der Waals surface area contributed by atoms with Crippen molar-refractivity contribution in [1.29, 1.82) is 0 Å². The van der Waals surface area contributed by atoms with Gasteiger partial charge in [-0.1, -0.05) is 29.8 Å². The Kier molecular flexibility index (Phi) is 4.54. The zero-order valence-electron chi connectivity index (χ0n) is 16.3. The number of fused-ring (bicyclic) bond motifs is 1. The number of hydrogen-bond donors (Lipinski definition) is 1. The Morgan fingerprint density at radius 1 is 1.00 bits per heavy atom. The number of halogens is 1. The predicted molar refractivity (Wildman–Crippen MR) is 106 cm³/mol. The molecule has 0 radical (unpaired) electrons. The fraction of sp³-hybridized carbons (Fsp3) is 0.190. The largest absolute Gasteiger partial charge is 0.462 e. The SMILES string of the molecule is Cc1ccc(C[n+]2c(Oc3ccc(F)cc3)[nH]c3c2c(=O)n(C)c(=O)n3C)cc1. The number of H-pyrrole nitrogens is 1. The molecule has 0 unspecified atom stereocenters. The lowest BCUT2D eigenvalue weighted by Gasteiger charge is -2.05. The van der Waals surface area contributed by atoms with Crippen LogP contribution in [0.5, 0.6) is 11.8 Å². The number of hydrogen-bond acceptors (Lipinski definition) is 3. The van der Waals surface area contributed by atoms with Crippen molar-refractivity contribution in [3.63, 3.8) is 0 Å². The van der Waals surface area contributed by atoms with Crippen LogP contribution in [0.3, 0.4) is 0 Å². The molecule has 0 aliphatic carbocycles. The van der Waals surface area contributed by atoms with Gasteiger partial charge in [-0.25, -0.2) is 9.18 Å². The molecule has 0 fully saturated rings. The fourth-order valence-electron chi connectivity index (χ4n) is 3.20. The standard InChI is InChI=1S/C21H19FN4O3/c1-13-4-6-14(7-5-13)12-26-17-18(24(2)21(28)25(3)19(17)27)23-20(26)29-16-10-8-15(22)9-11-16/h4-11H,12H2,1-3H3/p+1. The first-order valence-electron chi connectivity index (χ1n) is 9.05. The molecule has 2 aromatic carbocycles. The summed E-state index contributed by atoms with van der Waals surface area (Å²) in [4.78, 5) is 28.2. The third-order valence-corrected chi connectivity index (χ3v) is 4.87. The molecule has 1 N–H and O–H groups in total. The second kappa shape index (κ2) is 7.05. The number of aromatic nitrogens is 4. The Morgan fingerprint density at radius 3 is 2.31 bits per heavy atom. The van der Waals surface area contributed by atoms with Crippen LogP contribution < -0.4 is 20.6 Å². The fourth-order valence-corrected chi connectivity index (χ4v) is 3.20. The van der Waals surface area contributed by atoms with Gasteiger partial charge in [-0.05, 0) is 36.8 Å². The second-order valence-electron chi connectivity index (χ2n) is 6.96. The third-order valence-electron chi connectivity index (χ3n) is 4.87. The smallest absolute Gasteiger partial charge is 0.392 e. The Hall–Kier alpha value is -3.68. The molecule has 29 heavy (non-hydrogen) atoms. The van der Waals surface area contributed by atoms with Gasteiger partial charge in [-0.15, -0.1) is 0 Å². The lowest BCUT2D eigenvalue weighted by atomic mass is 10.1. The summed E-state index contributed by atoms with van der Waals surface area (Å²) in [6.45, 7) is 2.35. The van der Waals surface area contributed by atoms with E-state index in [4.69, 9.17) is 4.74 Å². The highest BCUT2D eigenvalue weighted by Crippen LogP contribution is 2.20. The molecule has 2 heterocycles. The van der Waals surface area contributed by atoms with Crippen molar-refractivity contribution >= 4 is 11.2 Å². The van der Waals surface area contributed by atoms with Crippen molar-refractivity contribution < 1.29 is 13.7 Å². The third kappa shape index (κ3) is 3.33. The molecule has 0 amide bonds. The van der Waals surface area contributed by atoms with Crippen LogP contribution in [0, 0.1) is 12.7 Å². The van der Waals surface area contributed by atoms with Crippen molar-refractivity contribution in [2.75, 3.05) is 0 Å². The monoisotopic (exact) mass is 395 g/mol. The molecule has 0 bridgehead atoms. The molecule has 0 aliphatic rings. The molecule has 0 saturated carbocycles. The van der Waals surface area contributed by atoms with Crippen LogP contribution in [0.15, 0.2) is 58.1 Å². The highest BCUT2D eigenvalue weighted by atomic mass is 19.1. The summed E-state index contributed by atoms with van der Waals surface area (Å²) in [6.07, 6.45) is 0. The highest BCUT2D eigenvalue weighted by Gasteiger charge is 2.27. The Labute approximate surface area is 165 Å². The molecule has 4 rings (SSSR count). The topological polar surface area (TPSA) is 72.9 Å². The molecule has 8 heteroatoms. The average Bonchev–Trinajstić information content (AvgIpc) is 3.06. The van der Waals surface area contributed by atoms with Crippen LogP contribution in [-0.2, 0) is 20.6 Å². The van der Waals surface area contributed by atoms with Gasteiger partial charge in [-0.2, -0.15) is 9.55 Å². The summed E-state index contributed by atoms with van der Waals surface area (Å²) in [5.41, 5.74) is 1.87. The van der Waals surface area contributed by atoms with Crippen molar-refractivity contribution in [3.05, 3.63) is 86.3 Å². The van der Waals surface area contributed by atoms with Gasteiger partial charge >= 0.3 is 17.3 Å². The number of imidazole rings is 1. The molecule has 148 valence electrons. The normalized spacial score (nSPS) is 11.2. The molecule has 0 saturated heterocycles. The van der Waals surface area contributed by atoms with Crippen molar-refractivity contribution in [2.45, 2.75) is 13.5 Å². The first-order valence-corrected chi connectivity index (χ1v) is 9.05. The van der Waals surface area contributed by atoms with Gasteiger partial charge in [0, 0.05) is 14.1 Å². The van der Waals surface area contributed by atoms with Gasteiger partial charge in [0.15, 0.2) is 0 Å². The van der Waals surface area contributed by atoms with Crippen LogP contribution in [-0.4, -0.2) is 14.1 Å². The van der Waals surface area contributed by atoms with E-state index in [-0.39, 0.29) is 11.8 Å². The maximum absolute atomic E-state index is 13.2. The summed E-state index contributed by atoms with van der Waals surface area (Å²) in [5, 5.41) is 0. The number of nitrogens with one attached hydrogen (secondary N) is 1. The zero-order valence-corrected chi connectivity index (χ0v) is 16.3. The van der Waals surface area contributed by atoms with Crippen LogP contribution in [0.2, 0.25) is 0 Å². The first kappa shape index (κ1) is 18.7. The van der Waals surface area contributed by atoms with E-state index in [0.29, 0.717) is 23.5 Å². The lowest BCUT2D eigenvalue weighted by molar-refractivity contribution is -0.667. The molecule has 4 aromatic rings. The first-order chi connectivity index (χ1) is 13.8. The van der Waals surface area contributed by atoms with E-state index >= 15 is 0 Å². The molecule has 2 aromatic heterocycles. The van der Waals surface area contributed by atoms with E-state index in [9.17, 15) is 14.0 Å². The van der Waals surface area contributed by atoms with E-state index in [1.54, 1.807) is 11.6 Å². The minimum atomic E-state index is -0.445. The van der Waals surface area contributed by atoms with Crippen LogP contribution in [0.1, 0.15) is 11.1 Å². The van der Waals surface area contributed by atoms with E-state index < -0.39 is 11.2 Å². The zero-order chi connectivity index (χ0) is 20.7. The second-order valence-corrected chi connectivity index (χ2v) is 6.96. The van der Waals surface area contributed by atoms with Gasteiger partial charge < -0.3 is 4.74 Å². The van der Waals surface area contributed by atoms with Crippen LogP contribution >= 0.6 is 0 Å². The van der Waals surface area contributed by atoms with Crippen molar-refractivity contribution in [1.82, 2.24) is 14.1 Å². The summed E-state index contributed by atoms with van der Waals surface area (Å²) >= 11 is 0. The summed E-state index contributed by atoms with van der Waals surface area (Å²) in [7, 11) is 3.02. The minimum absolute atomic E-state index is 0.269. The molecular formula is C21H20FN4O3+. The number of rotatable bonds is 4. The Balaban J connectivity index is 1.93. The lowest BCUT2D eigenvalue weighted by Crippen LogP contribution is -2.44. The van der Waals surface area contributed by atoms with E-state index in [1.807, 2.05) is 31.2 Å². The van der Waals surface area contributed by atoms with Crippen LogP contribution in [0.4, 0.5) is 4.39 Å². The van der Waals surface area contributed by atoms with E-state index in [1.165, 1.54) is 35.9 Å². The summed E-state index contributed by atoms with van der Waals surface area (Å²) in [5.74, 6) is 0.0234. The maximum Gasteiger partial charge on any atom is 0.462 e. The van der Waals surface area contributed by atoms with Gasteiger partial charge in [0.1, 0.15) is 18.1 Å². The maximum atomic E-state index is 13.2. The molecule has 0 spiro atoms. The average molecular weight is 395 g/mol.